The number of benzene rings is 2. The highest BCUT2D eigenvalue weighted by Gasteiger charge is 2.28. The first-order chi connectivity index (χ1) is 9.25. The molecule has 0 aromatic heterocycles. The second-order valence-electron chi connectivity index (χ2n) is 5.21. The lowest BCUT2D eigenvalue weighted by Crippen LogP contribution is -2.19. The molecule has 2 atom stereocenters. The largest absolute Gasteiger partial charge is 0.392 e. The number of rotatable bonds is 3. The van der Waals surface area contributed by atoms with E-state index in [1.54, 1.807) is 12.1 Å². The Balaban J connectivity index is 1.79. The van der Waals surface area contributed by atoms with Gasteiger partial charge in [0.2, 0.25) is 0 Å². The van der Waals surface area contributed by atoms with E-state index >= 15 is 0 Å². The zero-order valence-electron chi connectivity index (χ0n) is 10.7. The molecule has 2 unspecified atom stereocenters. The van der Waals surface area contributed by atoms with E-state index in [2.05, 4.69) is 12.1 Å². The summed E-state index contributed by atoms with van der Waals surface area (Å²) < 4.78 is 13.6. The number of halogens is 1. The Hall–Kier alpha value is -1.67. The summed E-state index contributed by atoms with van der Waals surface area (Å²) in [6.45, 7) is 0. The number of fused-ring (bicyclic) bond motifs is 1. The Morgan fingerprint density at radius 2 is 1.84 bits per heavy atom. The van der Waals surface area contributed by atoms with Crippen LogP contribution in [0.1, 0.15) is 29.0 Å². The van der Waals surface area contributed by atoms with E-state index < -0.39 is 6.10 Å². The Morgan fingerprint density at radius 1 is 1.11 bits per heavy atom. The van der Waals surface area contributed by atoms with Crippen LogP contribution < -0.4 is 0 Å². The minimum atomic E-state index is -0.513. The highest BCUT2D eigenvalue weighted by Crippen LogP contribution is 2.36. The summed E-state index contributed by atoms with van der Waals surface area (Å²) in [5.74, 6) is -0.0939. The van der Waals surface area contributed by atoms with Gasteiger partial charge in [-0.1, -0.05) is 42.5 Å². The molecule has 1 N–H and O–H groups in total. The lowest BCUT2D eigenvalue weighted by atomic mass is 9.91. The second-order valence-corrected chi connectivity index (χ2v) is 5.21. The van der Waals surface area contributed by atoms with Crippen molar-refractivity contribution in [3.8, 4) is 0 Å². The van der Waals surface area contributed by atoms with Crippen LogP contribution in [0.3, 0.4) is 0 Å². The Kier molecular flexibility index (Phi) is 3.34. The molecule has 2 aromatic rings. The maximum Gasteiger partial charge on any atom is 0.126 e. The molecular formula is C17H17FO. The molecule has 0 fully saturated rings. The molecule has 0 radical (unpaired) electrons. The van der Waals surface area contributed by atoms with Crippen molar-refractivity contribution in [2.45, 2.75) is 31.3 Å². The van der Waals surface area contributed by atoms with Gasteiger partial charge in [0.05, 0.1) is 6.10 Å². The van der Waals surface area contributed by atoms with Gasteiger partial charge in [-0.05, 0) is 35.6 Å². The van der Waals surface area contributed by atoms with Crippen molar-refractivity contribution in [2.75, 3.05) is 0 Å². The summed E-state index contributed by atoms with van der Waals surface area (Å²) in [7, 11) is 0. The number of aliphatic hydroxyl groups is 1. The maximum atomic E-state index is 13.6. The van der Waals surface area contributed by atoms with Crippen molar-refractivity contribution in [2.24, 2.45) is 0 Å². The predicted octanol–water partition coefficient (Wildman–Crippen LogP) is 3.46. The van der Waals surface area contributed by atoms with Gasteiger partial charge in [0.1, 0.15) is 5.82 Å². The molecule has 2 aromatic carbocycles. The molecule has 1 aliphatic rings. The van der Waals surface area contributed by atoms with Gasteiger partial charge in [0.15, 0.2) is 0 Å². The number of hydrogen-bond donors (Lipinski definition) is 1. The molecule has 0 amide bonds. The second kappa shape index (κ2) is 5.14. The molecule has 19 heavy (non-hydrogen) atoms. The fraction of sp³-hybridized carbons (Fsp3) is 0.294. The lowest BCUT2D eigenvalue weighted by Gasteiger charge is -2.19. The van der Waals surface area contributed by atoms with Gasteiger partial charge < -0.3 is 5.11 Å². The number of hydrogen-bond acceptors (Lipinski definition) is 1. The first-order valence-electron chi connectivity index (χ1n) is 6.75. The number of aryl methyl sites for hydroxylation is 1. The molecule has 1 aliphatic carbocycles. The summed E-state index contributed by atoms with van der Waals surface area (Å²) in [5.41, 5.74) is 3.14. The van der Waals surface area contributed by atoms with Crippen LogP contribution in [0.25, 0.3) is 0 Å². The first-order valence-corrected chi connectivity index (χ1v) is 6.75. The topological polar surface area (TPSA) is 20.2 Å². The molecule has 0 aliphatic heterocycles. The monoisotopic (exact) mass is 256 g/mol. The molecule has 0 spiro atoms. The number of aliphatic hydroxyl groups excluding tert-OH is 1. The van der Waals surface area contributed by atoms with E-state index in [0.29, 0.717) is 12.0 Å². The Labute approximate surface area is 112 Å². The fourth-order valence-corrected chi connectivity index (χ4v) is 3.02. The summed E-state index contributed by atoms with van der Waals surface area (Å²) >= 11 is 0. The van der Waals surface area contributed by atoms with Crippen LogP contribution in [0, 0.1) is 5.82 Å². The summed E-state index contributed by atoms with van der Waals surface area (Å²) in [6.07, 6.45) is 1.83. The zero-order chi connectivity index (χ0) is 13.2. The molecule has 0 saturated carbocycles. The molecule has 3 rings (SSSR count). The normalized spacial score (nSPS) is 19.2. The van der Waals surface area contributed by atoms with Crippen LogP contribution in [0.2, 0.25) is 0 Å². The molecule has 2 heteroatoms. The molecule has 1 nitrogen and oxygen atoms in total. The van der Waals surface area contributed by atoms with Crippen LogP contribution >= 0.6 is 0 Å². The SMILES string of the molecule is OC(Cc1ccccc1F)C1CCc2ccccc21. The standard InChI is InChI=1S/C17H17FO/c18-16-8-4-2-6-13(16)11-17(19)15-10-9-12-5-1-3-7-14(12)15/h1-8,15,17,19H,9-11H2. The first kappa shape index (κ1) is 12.4. The highest BCUT2D eigenvalue weighted by atomic mass is 19.1. The molecule has 0 bridgehead atoms. The minimum absolute atomic E-state index is 0.135. The van der Waals surface area contributed by atoms with Gasteiger partial charge in [-0.15, -0.1) is 0 Å². The molecule has 0 heterocycles. The molecule has 98 valence electrons. The van der Waals surface area contributed by atoms with E-state index in [1.807, 2.05) is 18.2 Å². The maximum absolute atomic E-state index is 13.6. The average molecular weight is 256 g/mol. The van der Waals surface area contributed by atoms with Crippen LogP contribution in [0.4, 0.5) is 4.39 Å². The zero-order valence-corrected chi connectivity index (χ0v) is 10.7. The third-order valence-electron chi connectivity index (χ3n) is 4.03. The predicted molar refractivity (Wildman–Crippen MR) is 73.6 cm³/mol. The third-order valence-corrected chi connectivity index (χ3v) is 4.03. The summed E-state index contributed by atoms with van der Waals surface area (Å²) in [5, 5.41) is 10.4. The Morgan fingerprint density at radius 3 is 2.68 bits per heavy atom. The van der Waals surface area contributed by atoms with Gasteiger partial charge in [0.25, 0.3) is 0 Å². The average Bonchev–Trinajstić information content (AvgIpc) is 2.85. The van der Waals surface area contributed by atoms with Gasteiger partial charge in [-0.25, -0.2) is 4.39 Å². The summed E-state index contributed by atoms with van der Waals surface area (Å²) in [6, 6.07) is 14.9. The lowest BCUT2D eigenvalue weighted by molar-refractivity contribution is 0.142. The van der Waals surface area contributed by atoms with Crippen molar-refractivity contribution in [1.29, 1.82) is 0 Å². The van der Waals surface area contributed by atoms with E-state index in [4.69, 9.17) is 0 Å². The van der Waals surface area contributed by atoms with Crippen LogP contribution in [-0.4, -0.2) is 11.2 Å². The minimum Gasteiger partial charge on any atom is -0.392 e. The molecule has 0 saturated heterocycles. The Bertz CT molecular complexity index is 579. The van der Waals surface area contributed by atoms with Crippen molar-refractivity contribution < 1.29 is 9.50 Å². The highest BCUT2D eigenvalue weighted by molar-refractivity contribution is 5.36. The molecular weight excluding hydrogens is 239 g/mol. The third kappa shape index (κ3) is 2.41. The van der Waals surface area contributed by atoms with Crippen molar-refractivity contribution in [1.82, 2.24) is 0 Å². The van der Waals surface area contributed by atoms with Gasteiger partial charge in [-0.2, -0.15) is 0 Å². The van der Waals surface area contributed by atoms with Crippen molar-refractivity contribution in [3.05, 3.63) is 71.0 Å². The van der Waals surface area contributed by atoms with Crippen LogP contribution in [-0.2, 0) is 12.8 Å². The van der Waals surface area contributed by atoms with Gasteiger partial charge in [0, 0.05) is 12.3 Å². The smallest absolute Gasteiger partial charge is 0.126 e. The van der Waals surface area contributed by atoms with Gasteiger partial charge in [-0.3, -0.25) is 0 Å². The van der Waals surface area contributed by atoms with E-state index in [9.17, 15) is 9.50 Å². The quantitative estimate of drug-likeness (QED) is 0.891. The summed E-state index contributed by atoms with van der Waals surface area (Å²) in [4.78, 5) is 0. The van der Waals surface area contributed by atoms with E-state index in [-0.39, 0.29) is 11.7 Å². The van der Waals surface area contributed by atoms with Gasteiger partial charge >= 0.3 is 0 Å². The fourth-order valence-electron chi connectivity index (χ4n) is 3.02. The van der Waals surface area contributed by atoms with Crippen LogP contribution in [0.15, 0.2) is 48.5 Å². The van der Waals surface area contributed by atoms with E-state index in [0.717, 1.165) is 12.8 Å². The van der Waals surface area contributed by atoms with Crippen molar-refractivity contribution >= 4 is 0 Å². The van der Waals surface area contributed by atoms with Crippen molar-refractivity contribution in [3.63, 3.8) is 0 Å². The van der Waals surface area contributed by atoms with Crippen LogP contribution in [0.5, 0.6) is 0 Å². The van der Waals surface area contributed by atoms with E-state index in [1.165, 1.54) is 17.2 Å².